The first-order chi connectivity index (χ1) is 17.8. The lowest BCUT2D eigenvalue weighted by Gasteiger charge is -2.24. The zero-order valence-corrected chi connectivity index (χ0v) is 21.9. The second-order valence-electron chi connectivity index (χ2n) is 8.91. The van der Waals surface area contributed by atoms with Crippen molar-refractivity contribution in [2.45, 2.75) is 31.1 Å². The molecule has 5 rings (SSSR count). The summed E-state index contributed by atoms with van der Waals surface area (Å²) in [6.45, 7) is 2.03. The van der Waals surface area contributed by atoms with Gasteiger partial charge >= 0.3 is 0 Å². The van der Waals surface area contributed by atoms with Gasteiger partial charge in [-0.3, -0.25) is 15.0 Å². The molecule has 188 valence electrons. The highest BCUT2D eigenvalue weighted by Gasteiger charge is 2.42. The summed E-state index contributed by atoms with van der Waals surface area (Å²) in [5.41, 5.74) is 4.43. The Morgan fingerprint density at radius 3 is 2.49 bits per heavy atom. The molecule has 3 aromatic carbocycles. The smallest absolute Gasteiger partial charge is 0.247 e. The number of rotatable bonds is 5. The van der Waals surface area contributed by atoms with Crippen LogP contribution in [0.5, 0.6) is 5.75 Å². The van der Waals surface area contributed by atoms with Crippen LogP contribution in [0.1, 0.15) is 35.6 Å². The van der Waals surface area contributed by atoms with E-state index in [1.54, 1.807) is 29.3 Å². The molecule has 37 heavy (non-hydrogen) atoms. The Hall–Kier alpha value is -3.62. The second kappa shape index (κ2) is 10.4. The van der Waals surface area contributed by atoms with Crippen LogP contribution in [0, 0.1) is 12.3 Å². The van der Waals surface area contributed by atoms with Crippen LogP contribution in [0.15, 0.2) is 77.9 Å². The molecule has 0 aromatic heterocycles. The van der Waals surface area contributed by atoms with E-state index in [4.69, 9.17) is 26.8 Å². The Labute approximate surface area is 224 Å². The summed E-state index contributed by atoms with van der Waals surface area (Å²) in [5.74, 6) is -0.0937. The maximum atomic E-state index is 13.3. The number of benzene rings is 3. The van der Waals surface area contributed by atoms with Crippen LogP contribution in [0.25, 0.3) is 0 Å². The van der Waals surface area contributed by atoms with Crippen molar-refractivity contribution in [1.29, 1.82) is 5.41 Å². The third kappa shape index (κ3) is 5.12. The summed E-state index contributed by atoms with van der Waals surface area (Å²) < 4.78 is 5.24. The van der Waals surface area contributed by atoms with Gasteiger partial charge in [-0.15, -0.1) is 0 Å². The third-order valence-electron chi connectivity index (χ3n) is 6.43. The number of anilines is 1. The number of halogens is 1. The van der Waals surface area contributed by atoms with E-state index in [1.165, 1.54) is 12.0 Å². The summed E-state index contributed by atoms with van der Waals surface area (Å²) in [5, 5.41) is 15.4. The molecule has 0 spiro atoms. The zero-order chi connectivity index (χ0) is 26.1. The number of hydrogen-bond acceptors (Lipinski definition) is 6. The van der Waals surface area contributed by atoms with Crippen LogP contribution in [-0.2, 0) is 9.59 Å². The lowest BCUT2D eigenvalue weighted by atomic mass is 9.98. The number of methoxy groups -OCH3 is 1. The van der Waals surface area contributed by atoms with Crippen molar-refractivity contribution >= 4 is 51.7 Å². The number of hydrazone groups is 1. The van der Waals surface area contributed by atoms with Gasteiger partial charge in [0.1, 0.15) is 11.0 Å². The second-order valence-corrected chi connectivity index (χ2v) is 10.5. The van der Waals surface area contributed by atoms with E-state index in [9.17, 15) is 9.59 Å². The molecule has 9 heteroatoms. The molecule has 0 unspecified atom stereocenters. The standard InChI is InChI=1S/C28H25ClN4O3S/c1-17-6-8-18(9-7-17)23-15-24(19-10-12-20(29)13-11-19)33(31-23)28(30)37-25-16-26(34)32(27(25)35)21-4-3-5-22(14-21)36-2/h3-14,24-25,30H,15-16H2,1-2H3/t24-,25-/m0/s1. The summed E-state index contributed by atoms with van der Waals surface area (Å²) in [6, 6.07) is 22.2. The van der Waals surface area contributed by atoms with Gasteiger partial charge in [-0.05, 0) is 42.3 Å². The average molecular weight is 533 g/mol. The van der Waals surface area contributed by atoms with E-state index in [0.29, 0.717) is 22.9 Å². The SMILES string of the molecule is COc1cccc(N2C(=O)C[C@H](SC(=N)N3N=C(c4ccc(C)cc4)C[C@H]3c3ccc(Cl)cc3)C2=O)c1. The van der Waals surface area contributed by atoms with E-state index < -0.39 is 5.25 Å². The van der Waals surface area contributed by atoms with E-state index >= 15 is 0 Å². The first-order valence-electron chi connectivity index (χ1n) is 11.8. The fourth-order valence-corrected chi connectivity index (χ4v) is 5.57. The average Bonchev–Trinajstić information content (AvgIpc) is 3.46. The fourth-order valence-electron chi connectivity index (χ4n) is 4.47. The number of imide groups is 1. The molecule has 0 aliphatic carbocycles. The van der Waals surface area contributed by atoms with Gasteiger partial charge in [0.25, 0.3) is 0 Å². The molecule has 0 saturated carbocycles. The molecule has 2 aliphatic rings. The van der Waals surface area contributed by atoms with E-state index in [1.807, 2.05) is 55.5 Å². The van der Waals surface area contributed by atoms with E-state index in [0.717, 1.165) is 34.2 Å². The van der Waals surface area contributed by atoms with Crippen molar-refractivity contribution in [3.05, 3.63) is 94.5 Å². The molecule has 1 fully saturated rings. The summed E-state index contributed by atoms with van der Waals surface area (Å²) in [4.78, 5) is 27.2. The molecule has 1 N–H and O–H groups in total. The van der Waals surface area contributed by atoms with Crippen molar-refractivity contribution in [1.82, 2.24) is 5.01 Å². The molecule has 1 saturated heterocycles. The highest BCUT2D eigenvalue weighted by atomic mass is 35.5. The minimum absolute atomic E-state index is 0.0110. The van der Waals surface area contributed by atoms with Gasteiger partial charge in [0, 0.05) is 23.9 Å². The predicted octanol–water partition coefficient (Wildman–Crippen LogP) is 5.81. The normalized spacial score (nSPS) is 19.4. The van der Waals surface area contributed by atoms with E-state index in [2.05, 4.69) is 0 Å². The largest absolute Gasteiger partial charge is 0.497 e. The van der Waals surface area contributed by atoms with Crippen molar-refractivity contribution in [3.63, 3.8) is 0 Å². The van der Waals surface area contributed by atoms with E-state index in [-0.39, 0.29) is 29.4 Å². The predicted molar refractivity (Wildman–Crippen MR) is 148 cm³/mol. The number of nitrogens with zero attached hydrogens (tertiary/aromatic N) is 3. The minimum atomic E-state index is -0.712. The topological polar surface area (TPSA) is 86.1 Å². The summed E-state index contributed by atoms with van der Waals surface area (Å²) >= 11 is 7.17. The minimum Gasteiger partial charge on any atom is -0.497 e. The van der Waals surface area contributed by atoms with Crippen LogP contribution < -0.4 is 9.64 Å². The van der Waals surface area contributed by atoms with Crippen LogP contribution in [-0.4, -0.2) is 40.1 Å². The number of ether oxygens (including phenoxy) is 1. The van der Waals surface area contributed by atoms with Crippen molar-refractivity contribution < 1.29 is 14.3 Å². The van der Waals surface area contributed by atoms with Crippen molar-refractivity contribution in [2.75, 3.05) is 12.0 Å². The third-order valence-corrected chi connectivity index (χ3v) is 7.74. The summed E-state index contributed by atoms with van der Waals surface area (Å²) in [6.07, 6.45) is 0.609. The van der Waals surface area contributed by atoms with Gasteiger partial charge in [0.15, 0.2) is 5.17 Å². The van der Waals surface area contributed by atoms with Crippen LogP contribution in [0.3, 0.4) is 0 Å². The lowest BCUT2D eigenvalue weighted by Crippen LogP contribution is -2.32. The highest BCUT2D eigenvalue weighted by molar-refractivity contribution is 8.14. The molecular weight excluding hydrogens is 508 g/mol. The number of carbonyl (C=O) groups is 2. The number of nitrogens with one attached hydrogen (secondary N) is 1. The number of carbonyl (C=O) groups excluding carboxylic acids is 2. The number of hydrogen-bond donors (Lipinski definition) is 1. The van der Waals surface area contributed by atoms with Gasteiger partial charge in [-0.1, -0.05) is 71.4 Å². The maximum Gasteiger partial charge on any atom is 0.247 e. The summed E-state index contributed by atoms with van der Waals surface area (Å²) in [7, 11) is 1.53. The molecule has 3 aromatic rings. The van der Waals surface area contributed by atoms with Gasteiger partial charge in [0.2, 0.25) is 11.8 Å². The van der Waals surface area contributed by atoms with Gasteiger partial charge in [-0.25, -0.2) is 9.91 Å². The zero-order valence-electron chi connectivity index (χ0n) is 20.3. The number of aryl methyl sites for hydroxylation is 1. The van der Waals surface area contributed by atoms with Crippen molar-refractivity contribution in [2.24, 2.45) is 5.10 Å². The Bertz CT molecular complexity index is 1390. The first-order valence-corrected chi connectivity index (χ1v) is 13.0. The van der Waals surface area contributed by atoms with Crippen LogP contribution in [0.2, 0.25) is 5.02 Å². The number of amidine groups is 1. The number of amides is 2. The van der Waals surface area contributed by atoms with Crippen LogP contribution >= 0.6 is 23.4 Å². The first kappa shape index (κ1) is 25.0. The van der Waals surface area contributed by atoms with Crippen molar-refractivity contribution in [3.8, 4) is 5.75 Å². The maximum absolute atomic E-state index is 13.3. The molecule has 0 radical (unpaired) electrons. The Morgan fingerprint density at radius 1 is 1.05 bits per heavy atom. The Morgan fingerprint density at radius 2 is 1.78 bits per heavy atom. The van der Waals surface area contributed by atoms with Crippen LogP contribution in [0.4, 0.5) is 5.69 Å². The molecule has 2 heterocycles. The van der Waals surface area contributed by atoms with Gasteiger partial charge in [0.05, 0.1) is 24.6 Å². The van der Waals surface area contributed by atoms with Gasteiger partial charge in [-0.2, -0.15) is 5.10 Å². The number of thioether (sulfide) groups is 1. The molecule has 2 aliphatic heterocycles. The lowest BCUT2D eigenvalue weighted by molar-refractivity contribution is -0.121. The molecule has 0 bridgehead atoms. The highest BCUT2D eigenvalue weighted by Crippen LogP contribution is 2.38. The monoisotopic (exact) mass is 532 g/mol. The quantitative estimate of drug-likeness (QED) is 0.255. The Kier molecular flexibility index (Phi) is 7.04. The molecular formula is C28H25ClN4O3S. The Balaban J connectivity index is 1.39. The molecule has 2 atom stereocenters. The van der Waals surface area contributed by atoms with Gasteiger partial charge < -0.3 is 4.74 Å². The molecule has 7 nitrogen and oxygen atoms in total. The fraction of sp³-hybridized carbons (Fsp3) is 0.214. The molecule has 2 amide bonds.